The number of rotatable bonds is 5. The Kier molecular flexibility index (Phi) is 6.17. The number of aryl methyl sites for hydroxylation is 2. The second kappa shape index (κ2) is 8.88. The Balaban J connectivity index is 1.70. The number of amides is 1. The van der Waals surface area contributed by atoms with Crippen LogP contribution in [0.5, 0.6) is 5.75 Å². The van der Waals surface area contributed by atoms with Crippen LogP contribution in [-0.4, -0.2) is 33.2 Å². The fraction of sp³-hybridized carbons (Fsp3) is 0.208. The molecular formula is C24H24N2O4S2. The molecule has 0 aliphatic carbocycles. The number of anilines is 2. The van der Waals surface area contributed by atoms with Crippen LogP contribution in [0.4, 0.5) is 11.4 Å². The van der Waals surface area contributed by atoms with Gasteiger partial charge in [-0.15, -0.1) is 11.8 Å². The maximum Gasteiger partial charge on any atom is 0.267 e. The van der Waals surface area contributed by atoms with Gasteiger partial charge in [-0.05, 0) is 62.1 Å². The van der Waals surface area contributed by atoms with Gasteiger partial charge in [0, 0.05) is 4.90 Å². The zero-order valence-corrected chi connectivity index (χ0v) is 19.7. The van der Waals surface area contributed by atoms with Crippen LogP contribution in [0.2, 0.25) is 0 Å². The van der Waals surface area contributed by atoms with Gasteiger partial charge in [0.2, 0.25) is 0 Å². The Labute approximate surface area is 192 Å². The molecule has 1 atom stereocenters. The topological polar surface area (TPSA) is 75.7 Å². The van der Waals surface area contributed by atoms with Gasteiger partial charge in [-0.1, -0.05) is 35.9 Å². The van der Waals surface area contributed by atoms with Crippen LogP contribution in [0.15, 0.2) is 76.5 Å². The van der Waals surface area contributed by atoms with E-state index in [9.17, 15) is 13.2 Å². The number of nitrogens with one attached hydrogen (secondary N) is 1. The molecule has 4 rings (SSSR count). The van der Waals surface area contributed by atoms with Gasteiger partial charge in [0.05, 0.1) is 22.8 Å². The average Bonchev–Trinajstić information content (AvgIpc) is 2.79. The van der Waals surface area contributed by atoms with Gasteiger partial charge in [0.15, 0.2) is 6.10 Å². The number of hydrogen-bond donors (Lipinski definition) is 1. The minimum Gasteiger partial charge on any atom is -0.476 e. The Morgan fingerprint density at radius 2 is 1.72 bits per heavy atom. The molecule has 1 amide bonds. The first-order valence-corrected chi connectivity index (χ1v) is 12.8. The molecule has 166 valence electrons. The van der Waals surface area contributed by atoms with Gasteiger partial charge in [-0.25, -0.2) is 8.42 Å². The summed E-state index contributed by atoms with van der Waals surface area (Å²) in [6, 6.07) is 19.4. The summed E-state index contributed by atoms with van der Waals surface area (Å²) in [5.74, 6) is -0.0438. The minimum atomic E-state index is -3.89. The van der Waals surface area contributed by atoms with Gasteiger partial charge < -0.3 is 10.1 Å². The first kappa shape index (κ1) is 22.2. The van der Waals surface area contributed by atoms with Crippen LogP contribution in [-0.2, 0) is 14.8 Å². The smallest absolute Gasteiger partial charge is 0.267 e. The van der Waals surface area contributed by atoms with E-state index in [1.807, 2.05) is 50.4 Å². The highest BCUT2D eigenvalue weighted by molar-refractivity contribution is 7.98. The number of sulfonamides is 1. The molecular weight excluding hydrogens is 444 g/mol. The molecule has 6 nitrogen and oxygen atoms in total. The number of thioether (sulfide) groups is 1. The van der Waals surface area contributed by atoms with Crippen LogP contribution in [0.1, 0.15) is 11.1 Å². The first-order chi connectivity index (χ1) is 15.3. The molecule has 1 N–H and O–H groups in total. The number of ether oxygens (including phenoxy) is 1. The van der Waals surface area contributed by atoms with Gasteiger partial charge in [-0.3, -0.25) is 9.10 Å². The van der Waals surface area contributed by atoms with E-state index < -0.39 is 22.0 Å². The zero-order chi connectivity index (χ0) is 22.9. The third-order valence-electron chi connectivity index (χ3n) is 5.25. The fourth-order valence-corrected chi connectivity index (χ4v) is 5.55. The molecule has 0 spiro atoms. The summed E-state index contributed by atoms with van der Waals surface area (Å²) in [4.78, 5) is 14.2. The van der Waals surface area contributed by atoms with E-state index in [0.717, 1.165) is 16.0 Å². The van der Waals surface area contributed by atoms with Crippen molar-refractivity contribution in [3.05, 3.63) is 77.9 Å². The summed E-state index contributed by atoms with van der Waals surface area (Å²) in [6.45, 7) is 3.66. The molecule has 1 aliphatic heterocycles. The van der Waals surface area contributed by atoms with Crippen LogP contribution in [0.25, 0.3) is 0 Å². The normalized spacial score (nSPS) is 15.6. The second-order valence-corrected chi connectivity index (χ2v) is 10.3. The molecule has 1 heterocycles. The third kappa shape index (κ3) is 4.33. The van der Waals surface area contributed by atoms with E-state index in [1.165, 1.54) is 16.1 Å². The molecule has 0 radical (unpaired) electrons. The lowest BCUT2D eigenvalue weighted by molar-refractivity contribution is -0.122. The van der Waals surface area contributed by atoms with Crippen molar-refractivity contribution in [1.82, 2.24) is 0 Å². The van der Waals surface area contributed by atoms with Crippen molar-refractivity contribution in [2.75, 3.05) is 22.4 Å². The highest BCUT2D eigenvalue weighted by atomic mass is 32.2. The van der Waals surface area contributed by atoms with E-state index in [1.54, 1.807) is 36.4 Å². The Morgan fingerprint density at radius 3 is 2.44 bits per heavy atom. The molecule has 3 aromatic carbocycles. The number of para-hydroxylation sites is 1. The van der Waals surface area contributed by atoms with Crippen molar-refractivity contribution in [2.45, 2.75) is 29.7 Å². The summed E-state index contributed by atoms with van der Waals surface area (Å²) in [6.07, 6.45) is 0.927. The zero-order valence-electron chi connectivity index (χ0n) is 18.0. The van der Waals surface area contributed by atoms with Crippen molar-refractivity contribution in [3.63, 3.8) is 0 Å². The highest BCUT2D eigenvalue weighted by Crippen LogP contribution is 2.38. The summed E-state index contributed by atoms with van der Waals surface area (Å²) in [7, 11) is -3.89. The predicted octanol–water partition coefficient (Wildman–Crippen LogP) is 4.62. The Hall–Kier alpha value is -2.97. The summed E-state index contributed by atoms with van der Waals surface area (Å²) < 4.78 is 34.3. The minimum absolute atomic E-state index is 0.125. The van der Waals surface area contributed by atoms with E-state index in [-0.39, 0.29) is 11.4 Å². The molecule has 0 fully saturated rings. The standard InChI is InChI=1S/C24H24N2O4S2/c1-16-8-11-18(12-9-16)32(28,29)26-15-22(30-21-13-10-17(2)14-20(21)26)24(27)25-19-6-4-5-7-23(19)31-3/h4-14,22H,15H2,1-3H3,(H,25,27). The third-order valence-corrected chi connectivity index (χ3v) is 7.84. The second-order valence-electron chi connectivity index (χ2n) is 7.62. The van der Waals surface area contributed by atoms with Crippen molar-refractivity contribution < 1.29 is 17.9 Å². The molecule has 1 unspecified atom stereocenters. The van der Waals surface area contributed by atoms with E-state index >= 15 is 0 Å². The predicted molar refractivity (Wildman–Crippen MR) is 128 cm³/mol. The summed E-state index contributed by atoms with van der Waals surface area (Å²) in [5.41, 5.74) is 2.95. The molecule has 32 heavy (non-hydrogen) atoms. The monoisotopic (exact) mass is 468 g/mol. The average molecular weight is 469 g/mol. The number of carbonyl (C=O) groups excluding carboxylic acids is 1. The first-order valence-electron chi connectivity index (χ1n) is 10.1. The van der Waals surface area contributed by atoms with Crippen LogP contribution in [0, 0.1) is 13.8 Å². The van der Waals surface area contributed by atoms with Crippen molar-refractivity contribution in [1.29, 1.82) is 0 Å². The van der Waals surface area contributed by atoms with Crippen molar-refractivity contribution in [3.8, 4) is 5.75 Å². The lowest BCUT2D eigenvalue weighted by Gasteiger charge is -2.35. The Morgan fingerprint density at radius 1 is 1.03 bits per heavy atom. The van der Waals surface area contributed by atoms with Gasteiger partial charge in [0.25, 0.3) is 15.9 Å². The SMILES string of the molecule is CSc1ccccc1NC(=O)C1CN(S(=O)(=O)c2ccc(C)cc2)c2cc(C)ccc2O1. The quantitative estimate of drug-likeness (QED) is 0.553. The van der Waals surface area contributed by atoms with E-state index in [2.05, 4.69) is 5.32 Å². The van der Waals surface area contributed by atoms with Gasteiger partial charge >= 0.3 is 0 Å². The highest BCUT2D eigenvalue weighted by Gasteiger charge is 2.37. The lowest BCUT2D eigenvalue weighted by atomic mass is 10.1. The van der Waals surface area contributed by atoms with Crippen molar-refractivity contribution >= 4 is 39.1 Å². The van der Waals surface area contributed by atoms with Gasteiger partial charge in [-0.2, -0.15) is 0 Å². The summed E-state index contributed by atoms with van der Waals surface area (Å²) >= 11 is 1.52. The number of benzene rings is 3. The molecule has 0 saturated carbocycles. The fourth-order valence-electron chi connectivity index (χ4n) is 3.52. The molecule has 0 saturated heterocycles. The van der Waals surface area contributed by atoms with Crippen LogP contribution < -0.4 is 14.4 Å². The number of fused-ring (bicyclic) bond motifs is 1. The van der Waals surface area contributed by atoms with Gasteiger partial charge in [0.1, 0.15) is 5.75 Å². The largest absolute Gasteiger partial charge is 0.476 e. The van der Waals surface area contributed by atoms with Crippen LogP contribution in [0.3, 0.4) is 0 Å². The molecule has 0 bridgehead atoms. The number of hydrogen-bond acceptors (Lipinski definition) is 5. The maximum atomic E-state index is 13.5. The van der Waals surface area contributed by atoms with E-state index in [4.69, 9.17) is 4.74 Å². The molecule has 3 aromatic rings. The lowest BCUT2D eigenvalue weighted by Crippen LogP contribution is -2.48. The van der Waals surface area contributed by atoms with Crippen molar-refractivity contribution in [2.24, 2.45) is 0 Å². The summed E-state index contributed by atoms with van der Waals surface area (Å²) in [5, 5.41) is 2.89. The Bertz CT molecular complexity index is 1260. The molecule has 1 aliphatic rings. The number of carbonyl (C=O) groups is 1. The number of nitrogens with zero attached hydrogens (tertiary/aromatic N) is 1. The van der Waals surface area contributed by atoms with E-state index in [0.29, 0.717) is 17.1 Å². The molecule has 8 heteroatoms. The maximum absolute atomic E-state index is 13.5. The van der Waals surface area contributed by atoms with Crippen LogP contribution >= 0.6 is 11.8 Å². The molecule has 0 aromatic heterocycles.